The van der Waals surface area contributed by atoms with Gasteiger partial charge in [0.1, 0.15) is 18.3 Å². The van der Waals surface area contributed by atoms with Crippen molar-refractivity contribution in [1.82, 2.24) is 0 Å². The standard InChI is InChI=1S/C29H37N2O4S.C2HF3O2/c30-20-22-7-4-10-25(19-22)34-17-6-14-31-15-12-23(13-16-31)26(21-31)35-28(32)29(33,27-11-5-18-36-27)24-8-2-1-3-9-24;3-2(4,5)1(6)7/h4-5,7,10-11,18-19,23-24,26,33H,1-3,6,8-9,12-17,21H2;(H,6,7)/q+1;/p-1/t23?,26-,29-,31?;/m0./s1. The Balaban J connectivity index is 0.000000541. The number of rotatable bonds is 9. The lowest BCUT2D eigenvalue weighted by molar-refractivity contribution is -0.946. The van der Waals surface area contributed by atoms with E-state index in [4.69, 9.17) is 24.6 Å². The summed E-state index contributed by atoms with van der Waals surface area (Å²) in [5, 5.41) is 31.6. The van der Waals surface area contributed by atoms with Crippen LogP contribution in [-0.2, 0) is 19.9 Å². The number of quaternary nitrogens is 1. The van der Waals surface area contributed by atoms with E-state index in [0.717, 1.165) is 86.2 Å². The Labute approximate surface area is 253 Å². The molecule has 0 spiro atoms. The van der Waals surface area contributed by atoms with Crippen molar-refractivity contribution in [2.75, 3.05) is 32.8 Å². The molecule has 1 N–H and O–H groups in total. The number of carbonyl (C=O) groups is 2. The van der Waals surface area contributed by atoms with E-state index < -0.39 is 23.7 Å². The number of carboxylic acid groups (broad SMARTS) is 1. The number of halogens is 3. The predicted octanol–water partition coefficient (Wildman–Crippen LogP) is 4.31. The Hall–Kier alpha value is -3.14. The molecule has 4 aliphatic rings. The third-order valence-corrected chi connectivity index (χ3v) is 9.94. The fraction of sp³-hybridized carbons (Fsp3) is 0.581. The Bertz CT molecular complexity index is 1270. The van der Waals surface area contributed by atoms with Crippen LogP contribution in [0.2, 0.25) is 0 Å². The number of fused-ring (bicyclic) bond motifs is 3. The first-order valence-corrected chi connectivity index (χ1v) is 15.6. The number of aliphatic hydroxyl groups is 1. The van der Waals surface area contributed by atoms with E-state index in [1.54, 1.807) is 12.1 Å². The number of nitriles is 1. The zero-order chi connectivity index (χ0) is 31.1. The van der Waals surface area contributed by atoms with E-state index in [-0.39, 0.29) is 12.0 Å². The summed E-state index contributed by atoms with van der Waals surface area (Å²) >= 11 is 1.46. The van der Waals surface area contributed by atoms with Gasteiger partial charge < -0.3 is 29.0 Å². The van der Waals surface area contributed by atoms with Crippen molar-refractivity contribution in [3.05, 3.63) is 52.2 Å². The SMILES string of the molecule is N#Cc1cccc(OCCC[N+]23CCC(CC2)[C@@H](OC(=O)[C@@](O)(c2cccs2)C2CCCCC2)C3)c1.O=C([O-])C(F)(F)F. The molecule has 43 heavy (non-hydrogen) atoms. The predicted molar refractivity (Wildman–Crippen MR) is 149 cm³/mol. The smallest absolute Gasteiger partial charge is 0.430 e. The number of thiophene rings is 1. The fourth-order valence-corrected chi connectivity index (χ4v) is 7.52. The van der Waals surface area contributed by atoms with Crippen molar-refractivity contribution in [1.29, 1.82) is 5.26 Å². The van der Waals surface area contributed by atoms with Gasteiger partial charge in [0.2, 0.25) is 0 Å². The van der Waals surface area contributed by atoms with Gasteiger partial charge in [-0.15, -0.1) is 11.3 Å². The second-order valence-electron chi connectivity index (χ2n) is 11.7. The van der Waals surface area contributed by atoms with Gasteiger partial charge in [0.05, 0.1) is 37.9 Å². The molecule has 1 aromatic carbocycles. The molecule has 12 heteroatoms. The first-order valence-electron chi connectivity index (χ1n) is 14.7. The Morgan fingerprint density at radius 1 is 1.09 bits per heavy atom. The number of esters is 1. The van der Waals surface area contributed by atoms with E-state index >= 15 is 0 Å². The average Bonchev–Trinajstić information content (AvgIpc) is 3.56. The summed E-state index contributed by atoms with van der Waals surface area (Å²) in [7, 11) is 0. The minimum Gasteiger partial charge on any atom is -0.542 e. The highest BCUT2D eigenvalue weighted by molar-refractivity contribution is 7.10. The number of piperidine rings is 3. The van der Waals surface area contributed by atoms with Crippen LogP contribution in [0.5, 0.6) is 5.75 Å². The highest BCUT2D eigenvalue weighted by atomic mass is 32.1. The quantitative estimate of drug-likeness (QED) is 0.252. The topological polar surface area (TPSA) is 120 Å². The summed E-state index contributed by atoms with van der Waals surface area (Å²) in [6, 6.07) is 13.2. The van der Waals surface area contributed by atoms with Crippen molar-refractivity contribution >= 4 is 23.3 Å². The van der Waals surface area contributed by atoms with E-state index in [1.807, 2.05) is 29.6 Å². The number of hydrogen-bond donors (Lipinski definition) is 1. The summed E-state index contributed by atoms with van der Waals surface area (Å²) in [6.45, 7) is 4.63. The maximum atomic E-state index is 13.7. The van der Waals surface area contributed by atoms with Crippen molar-refractivity contribution in [3.63, 3.8) is 0 Å². The van der Waals surface area contributed by atoms with Gasteiger partial charge in [0, 0.05) is 36.0 Å². The molecule has 234 valence electrons. The lowest BCUT2D eigenvalue weighted by Gasteiger charge is -2.52. The van der Waals surface area contributed by atoms with Crippen LogP contribution in [0.15, 0.2) is 41.8 Å². The molecular formula is C31H37F3N2O6S. The number of benzene rings is 1. The number of ether oxygens (including phenoxy) is 2. The first kappa shape index (κ1) is 32.8. The summed E-state index contributed by atoms with van der Waals surface area (Å²) in [5.41, 5.74) is -0.926. The molecule has 0 unspecified atom stereocenters. The largest absolute Gasteiger partial charge is 0.542 e. The number of aliphatic carboxylic acids is 1. The summed E-state index contributed by atoms with van der Waals surface area (Å²) in [6.07, 6.45) is 2.72. The van der Waals surface area contributed by atoms with Gasteiger partial charge in [-0.1, -0.05) is 31.4 Å². The van der Waals surface area contributed by atoms with Gasteiger partial charge in [-0.3, -0.25) is 0 Å². The first-order chi connectivity index (χ1) is 20.5. The van der Waals surface area contributed by atoms with Crippen LogP contribution < -0.4 is 9.84 Å². The molecule has 3 saturated heterocycles. The number of carbonyl (C=O) groups excluding carboxylic acids is 2. The molecule has 2 aromatic rings. The maximum Gasteiger partial charge on any atom is 0.430 e. The highest BCUT2D eigenvalue weighted by Gasteiger charge is 2.52. The fourth-order valence-electron chi connectivity index (χ4n) is 6.63. The third kappa shape index (κ3) is 8.08. The average molecular weight is 623 g/mol. The Morgan fingerprint density at radius 2 is 1.79 bits per heavy atom. The normalized spacial score (nSPS) is 25.0. The van der Waals surface area contributed by atoms with Crippen molar-refractivity contribution in [3.8, 4) is 11.8 Å². The van der Waals surface area contributed by atoms with Gasteiger partial charge in [0.15, 0.2) is 11.7 Å². The van der Waals surface area contributed by atoms with Gasteiger partial charge in [0.25, 0.3) is 0 Å². The number of alkyl halides is 3. The highest BCUT2D eigenvalue weighted by Crippen LogP contribution is 2.44. The molecule has 2 atom stereocenters. The molecule has 3 aliphatic heterocycles. The van der Waals surface area contributed by atoms with Crippen LogP contribution in [0.25, 0.3) is 0 Å². The molecule has 1 saturated carbocycles. The van der Waals surface area contributed by atoms with Gasteiger partial charge >= 0.3 is 12.1 Å². The van der Waals surface area contributed by atoms with Crippen LogP contribution in [0.4, 0.5) is 13.2 Å². The van der Waals surface area contributed by atoms with Crippen LogP contribution in [-0.4, -0.2) is 66.6 Å². The second-order valence-corrected chi connectivity index (χ2v) is 12.6. The van der Waals surface area contributed by atoms with E-state index in [2.05, 4.69) is 6.07 Å². The summed E-state index contributed by atoms with van der Waals surface area (Å²) in [5.74, 6) is -2.40. The third-order valence-electron chi connectivity index (χ3n) is 8.94. The molecule has 4 fully saturated rings. The number of nitrogens with zero attached hydrogens (tertiary/aromatic N) is 2. The lowest BCUT2D eigenvalue weighted by atomic mass is 9.75. The molecule has 4 heterocycles. The van der Waals surface area contributed by atoms with Crippen molar-refractivity contribution in [2.45, 2.75) is 69.2 Å². The van der Waals surface area contributed by atoms with Gasteiger partial charge in [-0.25, -0.2) is 4.79 Å². The maximum absolute atomic E-state index is 13.7. The van der Waals surface area contributed by atoms with E-state index in [9.17, 15) is 23.1 Å². The molecular weight excluding hydrogens is 585 g/mol. The zero-order valence-electron chi connectivity index (χ0n) is 23.9. The minimum atomic E-state index is -5.19. The molecule has 2 bridgehead atoms. The Kier molecular flexibility index (Phi) is 10.7. The summed E-state index contributed by atoms with van der Waals surface area (Å²) in [4.78, 5) is 23.2. The van der Waals surface area contributed by atoms with Gasteiger partial charge in [-0.2, -0.15) is 18.4 Å². The molecule has 0 amide bonds. The van der Waals surface area contributed by atoms with Crippen molar-refractivity contribution in [2.24, 2.45) is 11.8 Å². The molecule has 8 nitrogen and oxygen atoms in total. The van der Waals surface area contributed by atoms with Crippen molar-refractivity contribution < 1.29 is 46.9 Å². The second kappa shape index (κ2) is 14.1. The monoisotopic (exact) mass is 622 g/mol. The van der Waals surface area contributed by atoms with Crippen LogP contribution in [0.1, 0.15) is 61.8 Å². The molecule has 0 radical (unpaired) electrons. The van der Waals surface area contributed by atoms with Gasteiger partial charge in [-0.05, 0) is 42.5 Å². The Morgan fingerprint density at radius 3 is 2.40 bits per heavy atom. The molecule has 1 aliphatic carbocycles. The number of hydrogen-bond acceptors (Lipinski definition) is 8. The minimum absolute atomic E-state index is 0.0710. The van der Waals surface area contributed by atoms with E-state index in [0.29, 0.717) is 18.1 Å². The molecule has 1 aromatic heterocycles. The summed E-state index contributed by atoms with van der Waals surface area (Å²) < 4.78 is 44.6. The zero-order valence-corrected chi connectivity index (χ0v) is 24.7. The lowest BCUT2D eigenvalue weighted by Crippen LogP contribution is -2.65. The van der Waals surface area contributed by atoms with Crippen LogP contribution in [0, 0.1) is 23.2 Å². The van der Waals surface area contributed by atoms with Crippen LogP contribution >= 0.6 is 11.3 Å². The number of carboxylic acids is 1. The molecule has 6 rings (SSSR count). The van der Waals surface area contributed by atoms with Crippen LogP contribution in [0.3, 0.4) is 0 Å². The van der Waals surface area contributed by atoms with E-state index in [1.165, 1.54) is 17.8 Å².